The molecule has 6 rings (SSSR count). The lowest BCUT2D eigenvalue weighted by molar-refractivity contribution is -0.113. The van der Waals surface area contributed by atoms with E-state index in [0.717, 1.165) is 4.90 Å². The van der Waals surface area contributed by atoms with Crippen molar-refractivity contribution in [2.75, 3.05) is 35.6 Å². The number of anilines is 2. The average Bonchev–Trinajstić information content (AvgIpc) is 3.42. The highest BCUT2D eigenvalue weighted by Gasteiger charge is 2.33. The number of amides is 2. The van der Waals surface area contributed by atoms with E-state index in [1.54, 1.807) is 21.6 Å². The van der Waals surface area contributed by atoms with E-state index in [2.05, 4.69) is 15.6 Å². The summed E-state index contributed by atoms with van der Waals surface area (Å²) >= 11 is 1.47. The number of cyclic esters (lactones) is 1. The summed E-state index contributed by atoms with van der Waals surface area (Å²) in [6.07, 6.45) is 1.08. The first-order valence-electron chi connectivity index (χ1n) is 11.4. The predicted molar refractivity (Wildman–Crippen MR) is 130 cm³/mol. The summed E-state index contributed by atoms with van der Waals surface area (Å²) in [7, 11) is 0. The first kappa shape index (κ1) is 22.1. The molecule has 0 radical (unpaired) electrons. The first-order chi connectivity index (χ1) is 17.0. The number of rotatable bonds is 6. The van der Waals surface area contributed by atoms with Gasteiger partial charge in [-0.2, -0.15) is 0 Å². The van der Waals surface area contributed by atoms with Gasteiger partial charge in [-0.25, -0.2) is 9.18 Å². The Labute approximate surface area is 203 Å². The van der Waals surface area contributed by atoms with Gasteiger partial charge in [0.2, 0.25) is 5.91 Å². The Bertz CT molecular complexity index is 1430. The molecule has 3 aliphatic heterocycles. The number of nitrogens with one attached hydrogen (secondary N) is 2. The number of carbonyl (C=O) groups excluding carboxylic acids is 2. The van der Waals surface area contributed by atoms with Crippen LogP contribution in [-0.4, -0.2) is 53.0 Å². The van der Waals surface area contributed by atoms with E-state index >= 15 is 0 Å². The molecule has 5 heterocycles. The molecule has 35 heavy (non-hydrogen) atoms. The molecule has 9 nitrogen and oxygen atoms in total. The van der Waals surface area contributed by atoms with Crippen molar-refractivity contribution < 1.29 is 18.7 Å². The van der Waals surface area contributed by atoms with Crippen LogP contribution in [-0.2, 0) is 16.1 Å². The minimum absolute atomic E-state index is 0.0617. The van der Waals surface area contributed by atoms with Crippen molar-refractivity contribution in [3.8, 4) is 0 Å². The SMILES string of the molecule is O=C1CSc2ccc(N3C[C@@H](CNCC[C@H]4Cn5c(=O)ccc6ncc(F)c4c65)OC3=O)cc2N1. The number of ether oxygens (including phenoxy) is 1. The van der Waals surface area contributed by atoms with E-state index in [-0.39, 0.29) is 29.3 Å². The highest BCUT2D eigenvalue weighted by Crippen LogP contribution is 2.36. The molecule has 180 valence electrons. The van der Waals surface area contributed by atoms with Gasteiger partial charge in [0.05, 0.1) is 35.2 Å². The van der Waals surface area contributed by atoms with Gasteiger partial charge in [-0.05, 0) is 37.2 Å². The lowest BCUT2D eigenvalue weighted by Gasteiger charge is -2.20. The van der Waals surface area contributed by atoms with Crippen LogP contribution < -0.4 is 21.1 Å². The van der Waals surface area contributed by atoms with Crippen LogP contribution in [0.5, 0.6) is 0 Å². The maximum absolute atomic E-state index is 14.6. The standard InChI is InChI=1S/C24H22FN5O4S/c25-16-9-27-17-2-4-21(32)30-10-13(22(16)23(17)30)5-6-26-8-15-11-29(24(33)34-15)14-1-3-19-18(7-14)28-20(31)12-35-19/h1-4,7,9,13,15,26H,5-6,8,10-12H2,(H,28,31)/t13-,15+/m0/s1. The molecule has 2 atom stereocenters. The summed E-state index contributed by atoms with van der Waals surface area (Å²) in [6, 6.07) is 8.64. The molecular formula is C24H22FN5O4S. The van der Waals surface area contributed by atoms with Gasteiger partial charge in [0.25, 0.3) is 5.56 Å². The molecule has 2 amide bonds. The van der Waals surface area contributed by atoms with Crippen molar-refractivity contribution in [1.82, 2.24) is 14.9 Å². The summed E-state index contributed by atoms with van der Waals surface area (Å²) in [6.45, 7) is 1.84. The highest BCUT2D eigenvalue weighted by atomic mass is 32.2. The smallest absolute Gasteiger partial charge is 0.414 e. The van der Waals surface area contributed by atoms with Crippen molar-refractivity contribution in [2.45, 2.75) is 29.9 Å². The Kier molecular flexibility index (Phi) is 5.45. The van der Waals surface area contributed by atoms with Gasteiger partial charge in [-0.15, -0.1) is 11.8 Å². The minimum atomic E-state index is -0.432. The topological polar surface area (TPSA) is 106 Å². The molecule has 3 aromatic rings. The molecule has 3 aliphatic rings. The quantitative estimate of drug-likeness (QED) is 0.507. The molecule has 11 heteroatoms. The second-order valence-electron chi connectivity index (χ2n) is 8.86. The average molecular weight is 496 g/mol. The summed E-state index contributed by atoms with van der Waals surface area (Å²) < 4.78 is 21.7. The number of benzene rings is 1. The summed E-state index contributed by atoms with van der Waals surface area (Å²) in [5.41, 5.74) is 2.97. The van der Waals surface area contributed by atoms with Crippen molar-refractivity contribution in [1.29, 1.82) is 0 Å². The van der Waals surface area contributed by atoms with Crippen LogP contribution in [0.25, 0.3) is 11.0 Å². The van der Waals surface area contributed by atoms with Crippen LogP contribution in [0.15, 0.2) is 46.2 Å². The van der Waals surface area contributed by atoms with Crippen LogP contribution in [0.3, 0.4) is 0 Å². The number of carbonyl (C=O) groups is 2. The minimum Gasteiger partial charge on any atom is -0.443 e. The fraction of sp³-hybridized carbons (Fsp3) is 0.333. The third kappa shape index (κ3) is 3.94. The molecule has 0 saturated carbocycles. The predicted octanol–water partition coefficient (Wildman–Crippen LogP) is 2.68. The maximum Gasteiger partial charge on any atom is 0.414 e. The fourth-order valence-electron chi connectivity index (χ4n) is 5.00. The van der Waals surface area contributed by atoms with Crippen molar-refractivity contribution in [3.05, 3.63) is 58.3 Å². The van der Waals surface area contributed by atoms with Crippen molar-refractivity contribution >= 4 is 46.2 Å². The first-order valence-corrected chi connectivity index (χ1v) is 12.4. The number of nitrogens with zero attached hydrogens (tertiary/aromatic N) is 3. The third-order valence-electron chi connectivity index (χ3n) is 6.63. The fourth-order valence-corrected chi connectivity index (χ4v) is 5.79. The van der Waals surface area contributed by atoms with E-state index in [9.17, 15) is 18.8 Å². The number of fused-ring (bicyclic) bond motifs is 1. The summed E-state index contributed by atoms with van der Waals surface area (Å²) in [5, 5.41) is 6.14. The van der Waals surface area contributed by atoms with Gasteiger partial charge < -0.3 is 19.9 Å². The van der Waals surface area contributed by atoms with Gasteiger partial charge in [-0.1, -0.05) is 0 Å². The number of aromatic nitrogens is 2. The van der Waals surface area contributed by atoms with E-state index in [1.807, 2.05) is 12.1 Å². The molecule has 0 bridgehead atoms. The Balaban J connectivity index is 1.06. The Morgan fingerprint density at radius 1 is 1.20 bits per heavy atom. The largest absolute Gasteiger partial charge is 0.443 e. The van der Waals surface area contributed by atoms with Gasteiger partial charge in [0.1, 0.15) is 11.9 Å². The van der Waals surface area contributed by atoms with E-state index in [0.29, 0.717) is 66.3 Å². The zero-order chi connectivity index (χ0) is 24.1. The number of hydrogen-bond acceptors (Lipinski definition) is 7. The number of hydrogen-bond donors (Lipinski definition) is 2. The third-order valence-corrected chi connectivity index (χ3v) is 7.70. The lowest BCUT2D eigenvalue weighted by atomic mass is 9.97. The zero-order valence-electron chi connectivity index (χ0n) is 18.6. The van der Waals surface area contributed by atoms with E-state index in [1.165, 1.54) is 24.0 Å². The van der Waals surface area contributed by atoms with Crippen molar-refractivity contribution in [2.24, 2.45) is 0 Å². The van der Waals surface area contributed by atoms with E-state index < -0.39 is 6.09 Å². The van der Waals surface area contributed by atoms with Crippen LogP contribution in [0, 0.1) is 5.82 Å². The van der Waals surface area contributed by atoms with Crippen LogP contribution >= 0.6 is 11.8 Å². The Morgan fingerprint density at radius 3 is 2.97 bits per heavy atom. The van der Waals surface area contributed by atoms with Gasteiger partial charge in [0, 0.05) is 41.2 Å². The second-order valence-corrected chi connectivity index (χ2v) is 9.88. The molecule has 1 fully saturated rings. The highest BCUT2D eigenvalue weighted by molar-refractivity contribution is 8.00. The summed E-state index contributed by atoms with van der Waals surface area (Å²) in [4.78, 5) is 43.0. The molecule has 0 spiro atoms. The van der Waals surface area contributed by atoms with Crippen LogP contribution in [0.4, 0.5) is 20.6 Å². The van der Waals surface area contributed by atoms with Gasteiger partial charge in [-0.3, -0.25) is 19.5 Å². The molecule has 1 saturated heterocycles. The lowest BCUT2D eigenvalue weighted by Crippen LogP contribution is -2.32. The van der Waals surface area contributed by atoms with Crippen LogP contribution in [0.2, 0.25) is 0 Å². The molecule has 2 aromatic heterocycles. The Morgan fingerprint density at radius 2 is 2.09 bits per heavy atom. The summed E-state index contributed by atoms with van der Waals surface area (Å²) in [5.74, 6) is -0.198. The van der Waals surface area contributed by atoms with Crippen molar-refractivity contribution in [3.63, 3.8) is 0 Å². The molecule has 0 aliphatic carbocycles. The number of thioether (sulfide) groups is 1. The normalized spacial score (nSPS) is 20.8. The van der Waals surface area contributed by atoms with E-state index in [4.69, 9.17) is 4.74 Å². The molecule has 1 aromatic carbocycles. The Hall–Kier alpha value is -3.44. The van der Waals surface area contributed by atoms with Gasteiger partial charge in [0.15, 0.2) is 0 Å². The molecule has 2 N–H and O–H groups in total. The molecule has 0 unspecified atom stereocenters. The zero-order valence-corrected chi connectivity index (χ0v) is 19.4. The number of pyridine rings is 2. The van der Waals surface area contributed by atoms with Crippen LogP contribution in [0.1, 0.15) is 17.9 Å². The number of halogens is 1. The second kappa shape index (κ2) is 8.65. The maximum atomic E-state index is 14.6. The molecular weight excluding hydrogens is 473 g/mol. The van der Waals surface area contributed by atoms with Gasteiger partial charge >= 0.3 is 6.09 Å². The monoisotopic (exact) mass is 495 g/mol.